The molecule has 0 radical (unpaired) electrons. The summed E-state index contributed by atoms with van der Waals surface area (Å²) in [6.07, 6.45) is 1.54. The van der Waals surface area contributed by atoms with Gasteiger partial charge in [-0.05, 0) is 42.7 Å². The first-order valence-corrected chi connectivity index (χ1v) is 6.48. The fraction of sp³-hybridized carbons (Fsp3) is 0.200. The number of pyridine rings is 1. The number of nitrogens with one attached hydrogen (secondary N) is 2. The van der Waals surface area contributed by atoms with Crippen LogP contribution in [-0.4, -0.2) is 10.9 Å². The molecule has 1 aromatic carbocycles. The third-order valence-electron chi connectivity index (χ3n) is 3.14. The van der Waals surface area contributed by atoms with Gasteiger partial charge in [-0.2, -0.15) is 0 Å². The standard InChI is InChI=1S/C15H17FN4O/c1-9-6-11(7-10(2)13(9)16)8-19-15(21)12-4-3-5-18-14(12)20-17/h3-7H,8,17H2,1-2H3,(H,18,20)(H,19,21). The lowest BCUT2D eigenvalue weighted by atomic mass is 10.1. The molecule has 6 heteroatoms. The Morgan fingerprint density at radius 2 is 2.00 bits per heavy atom. The highest BCUT2D eigenvalue weighted by molar-refractivity contribution is 5.98. The molecule has 0 aliphatic carbocycles. The second-order valence-electron chi connectivity index (χ2n) is 4.77. The van der Waals surface area contributed by atoms with Crippen LogP contribution in [-0.2, 0) is 6.54 Å². The third-order valence-corrected chi connectivity index (χ3v) is 3.14. The Kier molecular flexibility index (Phi) is 4.49. The Balaban J connectivity index is 2.11. The molecule has 0 aliphatic rings. The van der Waals surface area contributed by atoms with Gasteiger partial charge in [-0.3, -0.25) is 4.79 Å². The second kappa shape index (κ2) is 6.32. The number of nitrogens with zero attached hydrogens (tertiary/aromatic N) is 1. The number of hydrogen-bond acceptors (Lipinski definition) is 4. The Bertz CT molecular complexity index is 649. The molecule has 0 unspecified atom stereocenters. The van der Waals surface area contributed by atoms with E-state index in [4.69, 9.17) is 5.84 Å². The van der Waals surface area contributed by atoms with Gasteiger partial charge in [-0.1, -0.05) is 12.1 Å². The van der Waals surface area contributed by atoms with Crippen molar-refractivity contribution in [3.63, 3.8) is 0 Å². The number of nitrogens with two attached hydrogens (primary N) is 1. The number of aromatic nitrogens is 1. The van der Waals surface area contributed by atoms with Crippen molar-refractivity contribution < 1.29 is 9.18 Å². The lowest BCUT2D eigenvalue weighted by Gasteiger charge is -2.10. The minimum absolute atomic E-state index is 0.216. The summed E-state index contributed by atoms with van der Waals surface area (Å²) in [5.41, 5.74) is 4.69. The van der Waals surface area contributed by atoms with E-state index in [-0.39, 0.29) is 11.7 Å². The van der Waals surface area contributed by atoms with Crippen LogP contribution in [0.2, 0.25) is 0 Å². The molecule has 1 aromatic heterocycles. The van der Waals surface area contributed by atoms with E-state index >= 15 is 0 Å². The van der Waals surface area contributed by atoms with Gasteiger partial charge in [0.25, 0.3) is 5.91 Å². The van der Waals surface area contributed by atoms with Crippen LogP contribution < -0.4 is 16.6 Å². The summed E-state index contributed by atoms with van der Waals surface area (Å²) in [5, 5.41) is 2.77. The summed E-state index contributed by atoms with van der Waals surface area (Å²) in [5.74, 6) is 5.11. The van der Waals surface area contributed by atoms with Crippen molar-refractivity contribution >= 4 is 11.7 Å². The third kappa shape index (κ3) is 3.35. The van der Waals surface area contributed by atoms with Gasteiger partial charge in [-0.25, -0.2) is 15.2 Å². The van der Waals surface area contributed by atoms with Crippen LogP contribution in [0.15, 0.2) is 30.5 Å². The largest absolute Gasteiger partial charge is 0.348 e. The fourth-order valence-electron chi connectivity index (χ4n) is 2.12. The number of hydrogen-bond donors (Lipinski definition) is 3. The zero-order valence-corrected chi connectivity index (χ0v) is 11.9. The number of hydrazine groups is 1. The molecule has 21 heavy (non-hydrogen) atoms. The summed E-state index contributed by atoms with van der Waals surface area (Å²) >= 11 is 0. The van der Waals surface area contributed by atoms with Crippen molar-refractivity contribution in [1.82, 2.24) is 10.3 Å². The van der Waals surface area contributed by atoms with Gasteiger partial charge in [0.2, 0.25) is 0 Å². The number of anilines is 1. The first-order valence-electron chi connectivity index (χ1n) is 6.48. The van der Waals surface area contributed by atoms with Crippen LogP contribution in [0, 0.1) is 19.7 Å². The summed E-state index contributed by atoms with van der Waals surface area (Å²) in [6.45, 7) is 3.70. The molecule has 0 spiro atoms. The van der Waals surface area contributed by atoms with Gasteiger partial charge in [0.1, 0.15) is 5.82 Å². The van der Waals surface area contributed by atoms with Crippen molar-refractivity contribution in [3.05, 3.63) is 58.5 Å². The highest BCUT2D eigenvalue weighted by Crippen LogP contribution is 2.15. The van der Waals surface area contributed by atoms with Crippen LogP contribution >= 0.6 is 0 Å². The van der Waals surface area contributed by atoms with Crippen molar-refractivity contribution in [2.75, 3.05) is 5.43 Å². The fourth-order valence-corrected chi connectivity index (χ4v) is 2.12. The Hall–Kier alpha value is -2.47. The van der Waals surface area contributed by atoms with E-state index in [2.05, 4.69) is 15.7 Å². The lowest BCUT2D eigenvalue weighted by Crippen LogP contribution is -2.25. The average molecular weight is 288 g/mol. The first kappa shape index (κ1) is 14.9. The number of aryl methyl sites for hydroxylation is 2. The molecule has 0 aliphatic heterocycles. The molecule has 0 fully saturated rings. The normalized spacial score (nSPS) is 10.3. The molecular formula is C15H17FN4O. The summed E-state index contributed by atoms with van der Waals surface area (Å²) in [4.78, 5) is 16.1. The molecule has 1 heterocycles. The van der Waals surface area contributed by atoms with E-state index in [0.29, 0.717) is 29.1 Å². The average Bonchev–Trinajstić information content (AvgIpc) is 2.50. The maximum absolute atomic E-state index is 13.6. The minimum atomic E-state index is -0.296. The molecule has 0 saturated carbocycles. The SMILES string of the molecule is Cc1cc(CNC(=O)c2cccnc2NN)cc(C)c1F. The van der Waals surface area contributed by atoms with Gasteiger partial charge < -0.3 is 10.7 Å². The summed E-state index contributed by atoms with van der Waals surface area (Å²) in [7, 11) is 0. The Morgan fingerprint density at radius 3 is 2.62 bits per heavy atom. The molecule has 2 rings (SSSR count). The molecule has 0 saturated heterocycles. The van der Waals surface area contributed by atoms with Gasteiger partial charge in [0, 0.05) is 12.7 Å². The van der Waals surface area contributed by atoms with Gasteiger partial charge in [0.15, 0.2) is 5.82 Å². The van der Waals surface area contributed by atoms with E-state index in [1.165, 1.54) is 0 Å². The highest BCUT2D eigenvalue weighted by Gasteiger charge is 2.11. The minimum Gasteiger partial charge on any atom is -0.348 e. The molecular weight excluding hydrogens is 271 g/mol. The molecule has 2 aromatic rings. The quantitative estimate of drug-likeness (QED) is 0.594. The monoisotopic (exact) mass is 288 g/mol. The maximum atomic E-state index is 13.6. The summed E-state index contributed by atoms with van der Waals surface area (Å²) in [6, 6.07) is 6.71. The number of nitrogen functional groups attached to an aromatic ring is 1. The number of carbonyl (C=O) groups excluding carboxylic acids is 1. The predicted octanol–water partition coefficient (Wildman–Crippen LogP) is 2.05. The number of rotatable bonds is 4. The number of halogens is 1. The van der Waals surface area contributed by atoms with Crippen molar-refractivity contribution in [2.24, 2.45) is 5.84 Å². The molecule has 0 atom stereocenters. The van der Waals surface area contributed by atoms with Gasteiger partial charge in [-0.15, -0.1) is 0 Å². The molecule has 0 bridgehead atoms. The topological polar surface area (TPSA) is 80.0 Å². The van der Waals surface area contributed by atoms with Crippen LogP contribution in [0.1, 0.15) is 27.0 Å². The van der Waals surface area contributed by atoms with Crippen molar-refractivity contribution in [1.29, 1.82) is 0 Å². The van der Waals surface area contributed by atoms with Crippen LogP contribution in [0.5, 0.6) is 0 Å². The number of amides is 1. The Morgan fingerprint density at radius 1 is 1.33 bits per heavy atom. The lowest BCUT2D eigenvalue weighted by molar-refractivity contribution is 0.0951. The highest BCUT2D eigenvalue weighted by atomic mass is 19.1. The summed E-state index contributed by atoms with van der Waals surface area (Å²) < 4.78 is 13.6. The maximum Gasteiger partial charge on any atom is 0.255 e. The van der Waals surface area contributed by atoms with E-state index in [0.717, 1.165) is 5.56 Å². The Labute approximate surface area is 122 Å². The predicted molar refractivity (Wildman–Crippen MR) is 79.1 cm³/mol. The number of benzene rings is 1. The second-order valence-corrected chi connectivity index (χ2v) is 4.77. The van der Waals surface area contributed by atoms with Crippen LogP contribution in [0.25, 0.3) is 0 Å². The zero-order chi connectivity index (χ0) is 15.4. The molecule has 4 N–H and O–H groups in total. The van der Waals surface area contributed by atoms with Crippen LogP contribution in [0.3, 0.4) is 0 Å². The van der Waals surface area contributed by atoms with Crippen molar-refractivity contribution in [3.8, 4) is 0 Å². The van der Waals surface area contributed by atoms with E-state index in [1.54, 1.807) is 44.3 Å². The van der Waals surface area contributed by atoms with Crippen molar-refractivity contribution in [2.45, 2.75) is 20.4 Å². The van der Waals surface area contributed by atoms with E-state index in [9.17, 15) is 9.18 Å². The first-order chi connectivity index (χ1) is 10.0. The molecule has 1 amide bonds. The number of carbonyl (C=O) groups is 1. The van der Waals surface area contributed by atoms with E-state index < -0.39 is 0 Å². The smallest absolute Gasteiger partial charge is 0.255 e. The van der Waals surface area contributed by atoms with Crippen LogP contribution in [0.4, 0.5) is 10.2 Å². The van der Waals surface area contributed by atoms with Gasteiger partial charge >= 0.3 is 0 Å². The van der Waals surface area contributed by atoms with E-state index in [1.807, 2.05) is 0 Å². The molecule has 110 valence electrons. The molecule has 5 nitrogen and oxygen atoms in total. The zero-order valence-electron chi connectivity index (χ0n) is 11.9. The van der Waals surface area contributed by atoms with Gasteiger partial charge in [0.05, 0.1) is 5.56 Å².